The van der Waals surface area contributed by atoms with E-state index in [-0.39, 0.29) is 49.0 Å². The molecule has 2 aliphatic heterocycles. The third-order valence-electron chi connectivity index (χ3n) is 5.01. The van der Waals surface area contributed by atoms with Gasteiger partial charge in [-0.05, 0) is 25.0 Å². The van der Waals surface area contributed by atoms with Gasteiger partial charge < -0.3 is 15.1 Å². The molecule has 4 rings (SSSR count). The number of carbonyl (C=O) groups excluding carboxylic acids is 1. The van der Waals surface area contributed by atoms with E-state index in [1.165, 1.54) is 0 Å². The van der Waals surface area contributed by atoms with E-state index < -0.39 is 0 Å². The Hall–Kier alpha value is -1.65. The molecule has 4 heteroatoms. The predicted octanol–water partition coefficient (Wildman–Crippen LogP) is 1.30. The standard InChI is InChI=1S/C17H21NO3/c1-11-13-7-8-16(15(10-20)14(13)9-19)18(11)17(21)12-5-3-2-4-6-12/h2-8,11,13-16,19-20H,9-10H2,1H3/t11-,13+,14+,15+,16+/m1/s1. The number of nitrogens with zero attached hydrogens (tertiary/aromatic N) is 1. The van der Waals surface area contributed by atoms with E-state index in [4.69, 9.17) is 0 Å². The second-order valence-corrected chi connectivity index (χ2v) is 5.96. The van der Waals surface area contributed by atoms with Gasteiger partial charge in [0.15, 0.2) is 0 Å². The lowest BCUT2D eigenvalue weighted by atomic mass is 9.66. The summed E-state index contributed by atoms with van der Waals surface area (Å²) in [5, 5.41) is 19.3. The van der Waals surface area contributed by atoms with Crippen molar-refractivity contribution in [1.82, 2.24) is 4.90 Å². The van der Waals surface area contributed by atoms with Crippen LogP contribution in [0.25, 0.3) is 0 Å². The highest BCUT2D eigenvalue weighted by molar-refractivity contribution is 5.95. The second kappa shape index (κ2) is 5.62. The Morgan fingerprint density at radius 2 is 1.76 bits per heavy atom. The Bertz CT molecular complexity index is 542. The van der Waals surface area contributed by atoms with Crippen molar-refractivity contribution >= 4 is 5.91 Å². The zero-order valence-corrected chi connectivity index (χ0v) is 12.1. The highest BCUT2D eigenvalue weighted by atomic mass is 16.3. The quantitative estimate of drug-likeness (QED) is 0.824. The molecule has 0 unspecified atom stereocenters. The Balaban J connectivity index is 1.94. The Morgan fingerprint density at radius 1 is 1.10 bits per heavy atom. The third kappa shape index (κ3) is 2.19. The van der Waals surface area contributed by atoms with Crippen LogP contribution in [-0.2, 0) is 0 Å². The first-order valence-corrected chi connectivity index (χ1v) is 7.46. The van der Waals surface area contributed by atoms with Crippen LogP contribution in [0.3, 0.4) is 0 Å². The van der Waals surface area contributed by atoms with Crippen LogP contribution >= 0.6 is 0 Å². The fraction of sp³-hybridized carbons (Fsp3) is 0.471. The van der Waals surface area contributed by atoms with E-state index in [0.29, 0.717) is 5.56 Å². The summed E-state index contributed by atoms with van der Waals surface area (Å²) < 4.78 is 0. The Morgan fingerprint density at radius 3 is 2.38 bits per heavy atom. The number of amides is 1. The van der Waals surface area contributed by atoms with Crippen LogP contribution in [-0.4, -0.2) is 46.3 Å². The average Bonchev–Trinajstić information content (AvgIpc) is 2.54. The molecule has 2 N–H and O–H groups in total. The fourth-order valence-electron chi connectivity index (χ4n) is 3.89. The van der Waals surface area contributed by atoms with Crippen LogP contribution in [0.4, 0.5) is 0 Å². The largest absolute Gasteiger partial charge is 0.396 e. The van der Waals surface area contributed by atoms with Gasteiger partial charge in [-0.1, -0.05) is 30.4 Å². The summed E-state index contributed by atoms with van der Waals surface area (Å²) in [6.45, 7) is 2.06. The lowest BCUT2D eigenvalue weighted by molar-refractivity contribution is -0.0413. The van der Waals surface area contributed by atoms with Gasteiger partial charge in [-0.2, -0.15) is 0 Å². The molecule has 4 nitrogen and oxygen atoms in total. The van der Waals surface area contributed by atoms with Crippen molar-refractivity contribution in [1.29, 1.82) is 0 Å². The van der Waals surface area contributed by atoms with Crippen molar-refractivity contribution in [3.8, 4) is 0 Å². The molecular weight excluding hydrogens is 266 g/mol. The number of rotatable bonds is 3. The maximum Gasteiger partial charge on any atom is 0.254 e. The first-order chi connectivity index (χ1) is 10.2. The van der Waals surface area contributed by atoms with E-state index in [9.17, 15) is 15.0 Å². The smallest absolute Gasteiger partial charge is 0.254 e. The van der Waals surface area contributed by atoms with Gasteiger partial charge in [0, 0.05) is 36.7 Å². The van der Waals surface area contributed by atoms with E-state index in [1.807, 2.05) is 48.2 Å². The summed E-state index contributed by atoms with van der Waals surface area (Å²) in [6, 6.07) is 9.14. The number of fused-ring (bicyclic) bond motifs is 2. The zero-order valence-electron chi connectivity index (χ0n) is 12.1. The maximum atomic E-state index is 12.8. The third-order valence-corrected chi connectivity index (χ3v) is 5.01. The SMILES string of the molecule is C[C@@H]1[C@@H]2C=C[C@@H]([C@@H](CO)[C@H]2CO)N1C(=O)c1ccccc1. The number of carbonyl (C=O) groups is 1. The molecule has 1 aromatic carbocycles. The second-order valence-electron chi connectivity index (χ2n) is 5.96. The summed E-state index contributed by atoms with van der Waals surface area (Å²) in [6.07, 6.45) is 4.11. The van der Waals surface area contributed by atoms with Gasteiger partial charge in [-0.25, -0.2) is 0 Å². The van der Waals surface area contributed by atoms with Crippen LogP contribution < -0.4 is 0 Å². The van der Waals surface area contributed by atoms with Gasteiger partial charge in [0.2, 0.25) is 0 Å². The molecule has 2 heterocycles. The monoisotopic (exact) mass is 287 g/mol. The number of piperidine rings is 1. The number of hydrogen-bond acceptors (Lipinski definition) is 3. The van der Waals surface area contributed by atoms with Crippen LogP contribution in [0.5, 0.6) is 0 Å². The van der Waals surface area contributed by atoms with Crippen LogP contribution in [0.2, 0.25) is 0 Å². The first kappa shape index (κ1) is 14.3. The molecule has 1 saturated heterocycles. The molecule has 0 radical (unpaired) electrons. The highest BCUT2D eigenvalue weighted by Gasteiger charge is 2.49. The maximum absolute atomic E-state index is 12.8. The molecule has 1 amide bonds. The topological polar surface area (TPSA) is 60.8 Å². The molecule has 1 fully saturated rings. The summed E-state index contributed by atoms with van der Waals surface area (Å²) in [5.74, 6) is 0.0378. The summed E-state index contributed by atoms with van der Waals surface area (Å²) in [5.41, 5.74) is 0.669. The van der Waals surface area contributed by atoms with Crippen molar-refractivity contribution in [2.45, 2.75) is 19.0 Å². The minimum atomic E-state index is -0.139. The van der Waals surface area contributed by atoms with Gasteiger partial charge in [0.25, 0.3) is 5.91 Å². The van der Waals surface area contributed by atoms with Gasteiger partial charge >= 0.3 is 0 Å². The highest BCUT2D eigenvalue weighted by Crippen LogP contribution is 2.43. The van der Waals surface area contributed by atoms with Crippen molar-refractivity contribution < 1.29 is 15.0 Å². The van der Waals surface area contributed by atoms with Crippen molar-refractivity contribution in [3.63, 3.8) is 0 Å². The van der Waals surface area contributed by atoms with Gasteiger partial charge in [-0.15, -0.1) is 0 Å². The minimum Gasteiger partial charge on any atom is -0.396 e. The molecule has 1 aromatic rings. The molecule has 0 saturated carbocycles. The molecule has 0 spiro atoms. The van der Waals surface area contributed by atoms with E-state index in [1.54, 1.807) is 0 Å². The van der Waals surface area contributed by atoms with Crippen LogP contribution in [0, 0.1) is 17.8 Å². The predicted molar refractivity (Wildman–Crippen MR) is 79.6 cm³/mol. The van der Waals surface area contributed by atoms with Gasteiger partial charge in [-0.3, -0.25) is 4.79 Å². The van der Waals surface area contributed by atoms with Crippen molar-refractivity contribution in [2.75, 3.05) is 13.2 Å². The summed E-state index contributed by atoms with van der Waals surface area (Å²) in [7, 11) is 0. The lowest BCUT2D eigenvalue weighted by Gasteiger charge is -2.54. The Labute approximate surface area is 124 Å². The van der Waals surface area contributed by atoms with E-state index in [0.717, 1.165) is 0 Å². The zero-order chi connectivity index (χ0) is 15.0. The Kier molecular flexibility index (Phi) is 3.83. The lowest BCUT2D eigenvalue weighted by Crippen LogP contribution is -2.62. The molecule has 3 aliphatic rings. The number of aliphatic hydroxyl groups excluding tert-OH is 2. The molecule has 5 atom stereocenters. The average molecular weight is 287 g/mol. The van der Waals surface area contributed by atoms with Crippen molar-refractivity contribution in [3.05, 3.63) is 48.0 Å². The summed E-state index contributed by atoms with van der Waals surface area (Å²) in [4.78, 5) is 14.7. The molecule has 112 valence electrons. The fourth-order valence-corrected chi connectivity index (χ4v) is 3.89. The molecule has 2 bridgehead atoms. The number of hydrogen-bond donors (Lipinski definition) is 2. The minimum absolute atomic E-state index is 0.00251. The molecule has 0 aromatic heterocycles. The number of benzene rings is 1. The molecule has 21 heavy (non-hydrogen) atoms. The van der Waals surface area contributed by atoms with Gasteiger partial charge in [0.05, 0.1) is 6.04 Å². The van der Waals surface area contributed by atoms with Crippen molar-refractivity contribution in [2.24, 2.45) is 17.8 Å². The van der Waals surface area contributed by atoms with Crippen LogP contribution in [0.1, 0.15) is 17.3 Å². The first-order valence-electron chi connectivity index (χ1n) is 7.46. The summed E-state index contributed by atoms with van der Waals surface area (Å²) >= 11 is 0. The normalized spacial score (nSPS) is 34.2. The van der Waals surface area contributed by atoms with Gasteiger partial charge in [0.1, 0.15) is 0 Å². The van der Waals surface area contributed by atoms with Crippen LogP contribution in [0.15, 0.2) is 42.5 Å². The van der Waals surface area contributed by atoms with E-state index >= 15 is 0 Å². The molecule has 1 aliphatic carbocycles. The van der Waals surface area contributed by atoms with E-state index in [2.05, 4.69) is 6.08 Å². The number of aliphatic hydroxyl groups is 2. The molecular formula is C17H21NO3.